The van der Waals surface area contributed by atoms with Crippen LogP contribution in [0.3, 0.4) is 0 Å². The molecule has 4 rings (SSSR count). The highest BCUT2D eigenvalue weighted by Crippen LogP contribution is 2.22. The first kappa shape index (κ1) is 16.2. The molecule has 4 nitrogen and oxygen atoms in total. The van der Waals surface area contributed by atoms with Crippen molar-refractivity contribution >= 4 is 16.7 Å². The van der Waals surface area contributed by atoms with Gasteiger partial charge in [-0.1, -0.05) is 30.3 Å². The van der Waals surface area contributed by atoms with Crippen LogP contribution in [0.25, 0.3) is 16.7 Å². The molecule has 0 fully saturated rings. The third-order valence-electron chi connectivity index (χ3n) is 4.31. The molecule has 26 heavy (non-hydrogen) atoms. The number of nitrogens with one attached hydrogen (secondary N) is 1. The summed E-state index contributed by atoms with van der Waals surface area (Å²) in [6.45, 7) is 3.44. The summed E-state index contributed by atoms with van der Waals surface area (Å²) >= 11 is 0. The summed E-state index contributed by atoms with van der Waals surface area (Å²) < 4.78 is 7.58. The molecular weight excluding hydrogens is 322 g/mol. The molecule has 0 aliphatic heterocycles. The standard InChI is InChI=1S/C22H21N3O/c1-2-26-20-11-8-17(9-12-20)15-23-18-10-13-22-21(14-18)24-16-25(22)19-6-4-3-5-7-19/h3-14,16,23H,2,15H2,1H3. The lowest BCUT2D eigenvalue weighted by atomic mass is 10.2. The number of rotatable bonds is 6. The van der Waals surface area contributed by atoms with Gasteiger partial charge in [0.1, 0.15) is 12.1 Å². The van der Waals surface area contributed by atoms with Gasteiger partial charge in [0, 0.05) is 17.9 Å². The topological polar surface area (TPSA) is 39.1 Å². The lowest BCUT2D eigenvalue weighted by Crippen LogP contribution is -2.00. The predicted molar refractivity (Wildman–Crippen MR) is 106 cm³/mol. The highest BCUT2D eigenvalue weighted by Gasteiger charge is 2.05. The average Bonchev–Trinajstić information content (AvgIpc) is 3.12. The van der Waals surface area contributed by atoms with Crippen LogP contribution in [0.4, 0.5) is 5.69 Å². The number of hydrogen-bond donors (Lipinski definition) is 1. The molecule has 0 radical (unpaired) electrons. The molecule has 0 spiro atoms. The van der Waals surface area contributed by atoms with Gasteiger partial charge in [-0.3, -0.25) is 4.57 Å². The summed E-state index contributed by atoms with van der Waals surface area (Å²) in [5.74, 6) is 0.907. The Kier molecular flexibility index (Phi) is 4.56. The van der Waals surface area contributed by atoms with Crippen molar-refractivity contribution < 1.29 is 4.74 Å². The third-order valence-corrected chi connectivity index (χ3v) is 4.31. The maximum absolute atomic E-state index is 5.48. The highest BCUT2D eigenvalue weighted by molar-refractivity contribution is 5.81. The fourth-order valence-electron chi connectivity index (χ4n) is 2.99. The fraction of sp³-hybridized carbons (Fsp3) is 0.136. The van der Waals surface area contributed by atoms with E-state index in [1.807, 2.05) is 43.6 Å². The Morgan fingerprint density at radius 2 is 1.77 bits per heavy atom. The smallest absolute Gasteiger partial charge is 0.119 e. The molecule has 0 saturated carbocycles. The van der Waals surface area contributed by atoms with Crippen LogP contribution in [-0.2, 0) is 6.54 Å². The number of nitrogens with zero attached hydrogens (tertiary/aromatic N) is 2. The Bertz CT molecular complexity index is 991. The van der Waals surface area contributed by atoms with Crippen LogP contribution in [0, 0.1) is 0 Å². The largest absolute Gasteiger partial charge is 0.494 e. The molecule has 1 N–H and O–H groups in total. The highest BCUT2D eigenvalue weighted by atomic mass is 16.5. The number of ether oxygens (including phenoxy) is 1. The second-order valence-corrected chi connectivity index (χ2v) is 6.08. The minimum atomic E-state index is 0.688. The second kappa shape index (κ2) is 7.31. The van der Waals surface area contributed by atoms with Gasteiger partial charge in [0.15, 0.2) is 0 Å². The van der Waals surface area contributed by atoms with Crippen molar-refractivity contribution in [1.29, 1.82) is 0 Å². The molecule has 3 aromatic carbocycles. The fourth-order valence-corrected chi connectivity index (χ4v) is 2.99. The molecular formula is C22H21N3O. The quantitative estimate of drug-likeness (QED) is 0.533. The Balaban J connectivity index is 1.49. The number of fused-ring (bicyclic) bond motifs is 1. The van der Waals surface area contributed by atoms with Gasteiger partial charge in [0.25, 0.3) is 0 Å². The van der Waals surface area contributed by atoms with Gasteiger partial charge in [-0.2, -0.15) is 0 Å². The monoisotopic (exact) mass is 343 g/mol. The average molecular weight is 343 g/mol. The minimum absolute atomic E-state index is 0.688. The Morgan fingerprint density at radius 3 is 2.54 bits per heavy atom. The van der Waals surface area contributed by atoms with Crippen LogP contribution < -0.4 is 10.1 Å². The van der Waals surface area contributed by atoms with Crippen LogP contribution in [0.5, 0.6) is 5.75 Å². The number of imidazole rings is 1. The van der Waals surface area contributed by atoms with Gasteiger partial charge in [-0.15, -0.1) is 0 Å². The first-order chi connectivity index (χ1) is 12.8. The normalized spacial score (nSPS) is 10.8. The molecule has 0 aliphatic rings. The van der Waals surface area contributed by atoms with Gasteiger partial charge >= 0.3 is 0 Å². The molecule has 1 aromatic heterocycles. The number of hydrogen-bond acceptors (Lipinski definition) is 3. The summed E-state index contributed by atoms with van der Waals surface area (Å²) in [6, 6.07) is 24.7. The van der Waals surface area contributed by atoms with E-state index in [-0.39, 0.29) is 0 Å². The zero-order valence-corrected chi connectivity index (χ0v) is 14.7. The Morgan fingerprint density at radius 1 is 0.962 bits per heavy atom. The zero-order chi connectivity index (χ0) is 17.8. The lowest BCUT2D eigenvalue weighted by Gasteiger charge is -2.09. The zero-order valence-electron chi connectivity index (χ0n) is 14.7. The summed E-state index contributed by atoms with van der Waals surface area (Å²) in [4.78, 5) is 4.55. The van der Waals surface area contributed by atoms with Crippen molar-refractivity contribution in [3.05, 3.63) is 84.7 Å². The third kappa shape index (κ3) is 3.40. The van der Waals surface area contributed by atoms with E-state index in [0.717, 1.165) is 34.7 Å². The van der Waals surface area contributed by atoms with Crippen LogP contribution in [0.15, 0.2) is 79.1 Å². The van der Waals surface area contributed by atoms with Crippen molar-refractivity contribution in [2.45, 2.75) is 13.5 Å². The Hall–Kier alpha value is -3.27. The van der Waals surface area contributed by atoms with Gasteiger partial charge in [-0.05, 0) is 55.0 Å². The molecule has 4 aromatic rings. The number of benzene rings is 3. The molecule has 0 atom stereocenters. The van der Waals surface area contributed by atoms with Gasteiger partial charge in [0.05, 0.1) is 17.6 Å². The van der Waals surface area contributed by atoms with Crippen molar-refractivity contribution in [3.8, 4) is 11.4 Å². The van der Waals surface area contributed by atoms with E-state index in [4.69, 9.17) is 4.74 Å². The maximum atomic E-state index is 5.48. The number of anilines is 1. The van der Waals surface area contributed by atoms with E-state index in [1.54, 1.807) is 0 Å². The minimum Gasteiger partial charge on any atom is -0.494 e. The second-order valence-electron chi connectivity index (χ2n) is 6.08. The van der Waals surface area contributed by atoms with Crippen LogP contribution in [0.1, 0.15) is 12.5 Å². The van der Waals surface area contributed by atoms with Crippen molar-refractivity contribution in [1.82, 2.24) is 9.55 Å². The van der Waals surface area contributed by atoms with Crippen molar-refractivity contribution in [3.63, 3.8) is 0 Å². The lowest BCUT2D eigenvalue weighted by molar-refractivity contribution is 0.340. The number of aromatic nitrogens is 2. The van der Waals surface area contributed by atoms with E-state index < -0.39 is 0 Å². The number of para-hydroxylation sites is 1. The van der Waals surface area contributed by atoms with E-state index in [9.17, 15) is 0 Å². The first-order valence-electron chi connectivity index (χ1n) is 8.81. The van der Waals surface area contributed by atoms with Crippen LogP contribution in [0.2, 0.25) is 0 Å². The van der Waals surface area contributed by atoms with Gasteiger partial charge in [-0.25, -0.2) is 4.98 Å². The summed E-state index contributed by atoms with van der Waals surface area (Å²) in [5, 5.41) is 3.46. The molecule has 0 saturated heterocycles. The molecule has 0 aliphatic carbocycles. The van der Waals surface area contributed by atoms with Crippen molar-refractivity contribution in [2.75, 3.05) is 11.9 Å². The molecule has 1 heterocycles. The summed E-state index contributed by atoms with van der Waals surface area (Å²) in [7, 11) is 0. The predicted octanol–water partition coefficient (Wildman–Crippen LogP) is 5.04. The first-order valence-corrected chi connectivity index (χ1v) is 8.81. The van der Waals surface area contributed by atoms with Gasteiger partial charge in [0.2, 0.25) is 0 Å². The SMILES string of the molecule is CCOc1ccc(CNc2ccc3c(c2)ncn3-c2ccccc2)cc1. The van der Waals surface area contributed by atoms with E-state index >= 15 is 0 Å². The molecule has 130 valence electrons. The van der Waals surface area contributed by atoms with Crippen LogP contribution in [-0.4, -0.2) is 16.2 Å². The van der Waals surface area contributed by atoms with Crippen LogP contribution >= 0.6 is 0 Å². The molecule has 0 unspecified atom stereocenters. The molecule has 0 amide bonds. The van der Waals surface area contributed by atoms with Crippen molar-refractivity contribution in [2.24, 2.45) is 0 Å². The van der Waals surface area contributed by atoms with E-state index in [1.165, 1.54) is 5.56 Å². The van der Waals surface area contributed by atoms with E-state index in [0.29, 0.717) is 6.61 Å². The van der Waals surface area contributed by atoms with E-state index in [2.05, 4.69) is 57.3 Å². The maximum Gasteiger partial charge on any atom is 0.119 e. The van der Waals surface area contributed by atoms with Gasteiger partial charge < -0.3 is 10.1 Å². The summed E-state index contributed by atoms with van der Waals surface area (Å²) in [5.41, 5.74) is 5.46. The molecule has 4 heteroatoms. The Labute approximate surface area is 153 Å². The summed E-state index contributed by atoms with van der Waals surface area (Å²) in [6.07, 6.45) is 1.87. The molecule has 0 bridgehead atoms.